The van der Waals surface area contributed by atoms with Crippen molar-refractivity contribution in [1.29, 1.82) is 0 Å². The first kappa shape index (κ1) is 20.8. The topological polar surface area (TPSA) is 66.5 Å². The lowest BCUT2D eigenvalue weighted by Gasteiger charge is -2.26. The Kier molecular flexibility index (Phi) is 6.43. The van der Waals surface area contributed by atoms with E-state index in [4.69, 9.17) is 11.6 Å². The number of hydrogen-bond acceptors (Lipinski definition) is 3. The summed E-state index contributed by atoms with van der Waals surface area (Å²) in [6.07, 6.45) is 2.84. The molecule has 150 valence electrons. The molecule has 28 heavy (non-hydrogen) atoms. The number of nitrogens with zero attached hydrogens (tertiary/aromatic N) is 1. The smallest absolute Gasteiger partial charge is 0.253 e. The fourth-order valence-electron chi connectivity index (χ4n) is 3.69. The van der Waals surface area contributed by atoms with Gasteiger partial charge in [0, 0.05) is 13.1 Å². The zero-order valence-electron chi connectivity index (χ0n) is 16.1. The van der Waals surface area contributed by atoms with Crippen LogP contribution in [0.1, 0.15) is 54.2 Å². The van der Waals surface area contributed by atoms with Gasteiger partial charge in [0.2, 0.25) is 10.0 Å². The van der Waals surface area contributed by atoms with Crippen molar-refractivity contribution >= 4 is 27.5 Å². The van der Waals surface area contributed by atoms with E-state index in [1.807, 2.05) is 18.2 Å². The normalized spacial score (nSPS) is 16.6. The van der Waals surface area contributed by atoms with Crippen LogP contribution in [0.25, 0.3) is 0 Å². The fourth-order valence-corrected chi connectivity index (χ4v) is 5.38. The maximum atomic E-state index is 12.9. The van der Waals surface area contributed by atoms with Gasteiger partial charge >= 0.3 is 0 Å². The molecule has 3 rings (SSSR count). The van der Waals surface area contributed by atoms with Crippen molar-refractivity contribution in [3.05, 3.63) is 64.2 Å². The van der Waals surface area contributed by atoms with Crippen molar-refractivity contribution in [2.45, 2.75) is 44.0 Å². The number of aryl methyl sites for hydroxylation is 1. The Bertz CT molecular complexity index is 971. The van der Waals surface area contributed by atoms with Crippen LogP contribution >= 0.6 is 11.6 Å². The van der Waals surface area contributed by atoms with Crippen molar-refractivity contribution in [3.8, 4) is 0 Å². The molecule has 0 heterocycles. The van der Waals surface area contributed by atoms with Crippen molar-refractivity contribution in [1.82, 2.24) is 9.62 Å². The van der Waals surface area contributed by atoms with Crippen LogP contribution in [0.3, 0.4) is 0 Å². The first-order valence-electron chi connectivity index (χ1n) is 9.56. The predicted molar refractivity (Wildman–Crippen MR) is 111 cm³/mol. The molecule has 0 unspecified atom stereocenters. The molecule has 0 spiro atoms. The van der Waals surface area contributed by atoms with Gasteiger partial charge in [0.25, 0.3) is 5.91 Å². The molecule has 2 aromatic rings. The number of carbonyl (C=O) groups is 1. The summed E-state index contributed by atoms with van der Waals surface area (Å²) in [6, 6.07) is 12.3. The lowest BCUT2D eigenvalue weighted by Crippen LogP contribution is -2.32. The van der Waals surface area contributed by atoms with E-state index in [2.05, 4.69) is 11.4 Å². The maximum Gasteiger partial charge on any atom is 0.253 e. The third-order valence-corrected chi connectivity index (χ3v) is 7.58. The van der Waals surface area contributed by atoms with E-state index in [0.717, 1.165) is 24.8 Å². The third kappa shape index (κ3) is 4.09. The molecule has 1 atom stereocenters. The van der Waals surface area contributed by atoms with Gasteiger partial charge in [-0.25, -0.2) is 8.42 Å². The van der Waals surface area contributed by atoms with E-state index in [9.17, 15) is 13.2 Å². The Labute approximate surface area is 171 Å². The zero-order valence-corrected chi connectivity index (χ0v) is 17.7. The maximum absolute atomic E-state index is 12.9. The summed E-state index contributed by atoms with van der Waals surface area (Å²) in [6.45, 7) is 4.29. The summed E-state index contributed by atoms with van der Waals surface area (Å²) < 4.78 is 26.9. The van der Waals surface area contributed by atoms with Crippen molar-refractivity contribution in [2.24, 2.45) is 0 Å². The van der Waals surface area contributed by atoms with Crippen LogP contribution in [0.15, 0.2) is 47.4 Å². The lowest BCUT2D eigenvalue weighted by molar-refractivity contribution is 0.0932. The van der Waals surface area contributed by atoms with Crippen molar-refractivity contribution < 1.29 is 13.2 Å². The molecule has 0 fully saturated rings. The summed E-state index contributed by atoms with van der Waals surface area (Å²) in [5.74, 6) is -0.358. The molecular formula is C21H25ClN2O3S. The van der Waals surface area contributed by atoms with Gasteiger partial charge in [0.1, 0.15) is 0 Å². The second kappa shape index (κ2) is 8.64. The number of carbonyl (C=O) groups excluding carboxylic acids is 1. The molecule has 2 aromatic carbocycles. The molecule has 1 aliphatic carbocycles. The highest BCUT2D eigenvalue weighted by molar-refractivity contribution is 7.89. The zero-order chi connectivity index (χ0) is 20.3. The minimum atomic E-state index is -3.66. The molecule has 1 N–H and O–H groups in total. The molecule has 1 amide bonds. The molecule has 0 saturated carbocycles. The van der Waals surface area contributed by atoms with Gasteiger partial charge in [0.15, 0.2) is 0 Å². The van der Waals surface area contributed by atoms with Crippen molar-refractivity contribution in [2.75, 3.05) is 13.1 Å². The van der Waals surface area contributed by atoms with E-state index in [0.29, 0.717) is 13.1 Å². The molecule has 0 aliphatic heterocycles. The van der Waals surface area contributed by atoms with Gasteiger partial charge in [0.05, 0.1) is 21.5 Å². The average Bonchev–Trinajstić information content (AvgIpc) is 2.69. The van der Waals surface area contributed by atoms with Crippen LogP contribution in [-0.4, -0.2) is 31.7 Å². The van der Waals surface area contributed by atoms with Crippen LogP contribution in [0, 0.1) is 0 Å². The molecule has 0 bridgehead atoms. The van der Waals surface area contributed by atoms with E-state index in [1.54, 1.807) is 13.8 Å². The standard InChI is InChI=1S/C21H25ClN2O3S/c1-3-24(4-2)28(26,27)16-12-13-19(22)18(14-16)21(25)23-20-11-7-9-15-8-5-6-10-17(15)20/h5-6,8,10,12-14,20H,3-4,7,9,11H2,1-2H3,(H,23,25)/t20-/m1/s1. The number of benzene rings is 2. The SMILES string of the molecule is CCN(CC)S(=O)(=O)c1ccc(Cl)c(C(=O)N[C@@H]2CCCc3ccccc32)c1. The Balaban J connectivity index is 1.89. The highest BCUT2D eigenvalue weighted by Gasteiger charge is 2.26. The fraction of sp³-hybridized carbons (Fsp3) is 0.381. The summed E-state index contributed by atoms with van der Waals surface area (Å²) in [5.41, 5.74) is 2.53. The van der Waals surface area contributed by atoms with Gasteiger partial charge in [-0.15, -0.1) is 0 Å². The van der Waals surface area contributed by atoms with E-state index < -0.39 is 10.0 Å². The predicted octanol–water partition coefficient (Wildman–Crippen LogP) is 4.18. The van der Waals surface area contributed by atoms with E-state index in [1.165, 1.54) is 28.1 Å². The van der Waals surface area contributed by atoms with Gasteiger partial charge < -0.3 is 5.32 Å². The molecular weight excluding hydrogens is 396 g/mol. The average molecular weight is 421 g/mol. The lowest BCUT2D eigenvalue weighted by atomic mass is 9.87. The van der Waals surface area contributed by atoms with Gasteiger partial charge in [-0.1, -0.05) is 49.7 Å². The Morgan fingerprint density at radius 3 is 2.61 bits per heavy atom. The molecule has 5 nitrogen and oxygen atoms in total. The molecule has 0 radical (unpaired) electrons. The Morgan fingerprint density at radius 2 is 1.89 bits per heavy atom. The number of nitrogens with one attached hydrogen (secondary N) is 1. The third-order valence-electron chi connectivity index (χ3n) is 5.20. The quantitative estimate of drug-likeness (QED) is 0.762. The summed E-state index contributed by atoms with van der Waals surface area (Å²) in [4.78, 5) is 13.0. The first-order valence-corrected chi connectivity index (χ1v) is 11.4. The van der Waals surface area contributed by atoms with E-state index >= 15 is 0 Å². The summed E-state index contributed by atoms with van der Waals surface area (Å²) in [5, 5.41) is 3.27. The Hall–Kier alpha value is -1.89. The number of hydrogen-bond donors (Lipinski definition) is 1. The van der Waals surface area contributed by atoms with E-state index in [-0.39, 0.29) is 27.4 Å². The van der Waals surface area contributed by atoms with Gasteiger partial charge in [-0.3, -0.25) is 4.79 Å². The second-order valence-electron chi connectivity index (χ2n) is 6.85. The van der Waals surface area contributed by atoms with Crippen LogP contribution in [0.2, 0.25) is 5.02 Å². The number of halogens is 1. The van der Waals surface area contributed by atoms with Crippen LogP contribution < -0.4 is 5.32 Å². The first-order chi connectivity index (χ1) is 13.4. The number of rotatable bonds is 6. The number of fused-ring (bicyclic) bond motifs is 1. The largest absolute Gasteiger partial charge is 0.345 e. The Morgan fingerprint density at radius 1 is 1.18 bits per heavy atom. The van der Waals surface area contributed by atoms with Crippen LogP contribution in [-0.2, 0) is 16.4 Å². The molecule has 7 heteroatoms. The highest BCUT2D eigenvalue weighted by Crippen LogP contribution is 2.30. The molecule has 1 aliphatic rings. The number of sulfonamides is 1. The van der Waals surface area contributed by atoms with Crippen molar-refractivity contribution in [3.63, 3.8) is 0 Å². The van der Waals surface area contributed by atoms with Crippen LogP contribution in [0.4, 0.5) is 0 Å². The molecule has 0 saturated heterocycles. The minimum absolute atomic E-state index is 0.0785. The minimum Gasteiger partial charge on any atom is -0.345 e. The monoisotopic (exact) mass is 420 g/mol. The van der Waals surface area contributed by atoms with Crippen LogP contribution in [0.5, 0.6) is 0 Å². The van der Waals surface area contributed by atoms with Gasteiger partial charge in [-0.2, -0.15) is 4.31 Å². The highest BCUT2D eigenvalue weighted by atomic mass is 35.5. The number of amides is 1. The van der Waals surface area contributed by atoms with Gasteiger partial charge in [-0.05, 0) is 48.6 Å². The summed E-state index contributed by atoms with van der Waals surface area (Å²) in [7, 11) is -3.66. The second-order valence-corrected chi connectivity index (χ2v) is 9.19. The molecule has 0 aromatic heterocycles. The summed E-state index contributed by atoms with van der Waals surface area (Å²) >= 11 is 6.24.